The summed E-state index contributed by atoms with van der Waals surface area (Å²) in [6, 6.07) is 6.99. The molecule has 1 aliphatic heterocycles. The van der Waals surface area contributed by atoms with Crippen molar-refractivity contribution in [3.63, 3.8) is 0 Å². The molecule has 1 spiro atoms. The fraction of sp³-hybridized carbons (Fsp3) is 0.579. The molecule has 1 saturated heterocycles. The summed E-state index contributed by atoms with van der Waals surface area (Å²) in [6.07, 6.45) is 3.59. The average molecular weight is 345 g/mol. The molecule has 128 valence electrons. The summed E-state index contributed by atoms with van der Waals surface area (Å²) in [6.45, 7) is 4.49. The van der Waals surface area contributed by atoms with E-state index in [-0.39, 0.29) is 23.6 Å². The number of hydrogen-bond donors (Lipinski definition) is 1. The van der Waals surface area contributed by atoms with Crippen molar-refractivity contribution in [1.82, 2.24) is 4.31 Å². The Balaban J connectivity index is 1.60. The van der Waals surface area contributed by atoms with Crippen molar-refractivity contribution in [2.45, 2.75) is 56.0 Å². The minimum absolute atomic E-state index is 0.0364. The number of rotatable bonds is 3. The van der Waals surface area contributed by atoms with Crippen LogP contribution in [0.1, 0.15) is 45.1 Å². The summed E-state index contributed by atoms with van der Waals surface area (Å²) in [5, 5.41) is 8.75. The van der Waals surface area contributed by atoms with Gasteiger partial charge in [0.15, 0.2) is 0 Å². The van der Waals surface area contributed by atoms with Crippen LogP contribution in [0.5, 0.6) is 0 Å². The van der Waals surface area contributed by atoms with Gasteiger partial charge >= 0.3 is 0 Å². The molecule has 0 aromatic heterocycles. The number of hydrogen-bond acceptors (Lipinski definition) is 3. The maximum atomic E-state index is 13.1. The Labute approximate surface area is 143 Å². The molecule has 0 radical (unpaired) electrons. The highest BCUT2D eigenvalue weighted by atomic mass is 32.2. The molecule has 1 heterocycles. The number of benzene rings is 1. The molecule has 24 heavy (non-hydrogen) atoms. The Kier molecular flexibility index (Phi) is 3.41. The van der Waals surface area contributed by atoms with E-state index in [2.05, 4.69) is 25.7 Å². The quantitative estimate of drug-likeness (QED) is 0.676. The average Bonchev–Trinajstić information content (AvgIpc) is 3.29. The van der Waals surface area contributed by atoms with Gasteiger partial charge in [0.1, 0.15) is 0 Å². The maximum absolute atomic E-state index is 13.1. The second-order valence-electron chi connectivity index (χ2n) is 7.74. The molecular weight excluding hydrogens is 322 g/mol. The molecule has 5 heteroatoms. The molecule has 4 aliphatic rings. The van der Waals surface area contributed by atoms with Crippen LogP contribution >= 0.6 is 0 Å². The van der Waals surface area contributed by atoms with Gasteiger partial charge in [0.05, 0.1) is 17.0 Å². The summed E-state index contributed by atoms with van der Waals surface area (Å²) < 4.78 is 28.0. The number of nitrogens with zero attached hydrogens (tertiary/aromatic N) is 1. The van der Waals surface area contributed by atoms with E-state index in [4.69, 9.17) is 5.11 Å². The van der Waals surface area contributed by atoms with Crippen LogP contribution in [-0.4, -0.2) is 36.0 Å². The van der Waals surface area contributed by atoms with E-state index in [9.17, 15) is 8.42 Å². The van der Waals surface area contributed by atoms with Crippen LogP contribution in [0.25, 0.3) is 0 Å². The minimum atomic E-state index is -3.44. The fourth-order valence-electron chi connectivity index (χ4n) is 5.03. The SMILES string of the molecule is CC1(C)C2CCC3N(S(=O)(=O)c4ccc(C#CCCO)cc4)C31C2. The first-order valence-electron chi connectivity index (χ1n) is 8.60. The minimum Gasteiger partial charge on any atom is -0.395 e. The molecule has 1 aromatic rings. The molecule has 3 saturated carbocycles. The van der Waals surface area contributed by atoms with Crippen molar-refractivity contribution < 1.29 is 13.5 Å². The van der Waals surface area contributed by atoms with Crippen molar-refractivity contribution in [1.29, 1.82) is 0 Å². The van der Waals surface area contributed by atoms with E-state index in [1.54, 1.807) is 28.6 Å². The molecule has 3 aliphatic carbocycles. The number of aliphatic hydroxyl groups excluding tert-OH is 1. The second-order valence-corrected chi connectivity index (χ2v) is 9.56. The zero-order valence-electron chi connectivity index (χ0n) is 14.1. The van der Waals surface area contributed by atoms with Crippen molar-refractivity contribution >= 4 is 10.0 Å². The van der Waals surface area contributed by atoms with Crippen LogP contribution in [-0.2, 0) is 10.0 Å². The highest BCUT2D eigenvalue weighted by molar-refractivity contribution is 7.89. The van der Waals surface area contributed by atoms with Crippen molar-refractivity contribution in [2.24, 2.45) is 11.3 Å². The molecule has 0 amide bonds. The number of aliphatic hydroxyl groups is 1. The highest BCUT2D eigenvalue weighted by Crippen LogP contribution is 2.75. The van der Waals surface area contributed by atoms with Gasteiger partial charge in [-0.05, 0) is 54.9 Å². The molecular formula is C19H23NO3S. The lowest BCUT2D eigenvalue weighted by Gasteiger charge is -2.56. The first kappa shape index (κ1) is 16.1. The van der Waals surface area contributed by atoms with E-state index in [0.29, 0.717) is 17.2 Å². The molecule has 4 atom stereocenters. The monoisotopic (exact) mass is 345 g/mol. The topological polar surface area (TPSA) is 57.4 Å². The summed E-state index contributed by atoms with van der Waals surface area (Å²) in [7, 11) is -3.44. The summed E-state index contributed by atoms with van der Waals surface area (Å²) in [5.41, 5.74) is 0.736. The fourth-order valence-corrected chi connectivity index (χ4v) is 7.16. The van der Waals surface area contributed by atoms with Gasteiger partial charge in [0.2, 0.25) is 10.0 Å². The lowest BCUT2D eigenvalue weighted by Crippen LogP contribution is -2.58. The van der Waals surface area contributed by atoms with Crippen molar-refractivity contribution in [3.05, 3.63) is 29.8 Å². The zero-order valence-corrected chi connectivity index (χ0v) is 14.9. The summed E-state index contributed by atoms with van der Waals surface area (Å²) in [5.74, 6) is 6.44. The number of sulfonamides is 1. The van der Waals surface area contributed by atoms with Crippen LogP contribution in [0, 0.1) is 23.2 Å². The van der Waals surface area contributed by atoms with Crippen LogP contribution in [0.15, 0.2) is 29.2 Å². The van der Waals surface area contributed by atoms with E-state index < -0.39 is 10.0 Å². The molecule has 1 aromatic carbocycles. The molecule has 1 N–H and O–H groups in total. The summed E-state index contributed by atoms with van der Waals surface area (Å²) in [4.78, 5) is 0.359. The predicted molar refractivity (Wildman–Crippen MR) is 91.7 cm³/mol. The van der Waals surface area contributed by atoms with Crippen LogP contribution in [0.4, 0.5) is 0 Å². The Morgan fingerprint density at radius 1 is 1.25 bits per heavy atom. The van der Waals surface area contributed by atoms with E-state index in [1.165, 1.54) is 0 Å². The Morgan fingerprint density at radius 2 is 1.96 bits per heavy atom. The van der Waals surface area contributed by atoms with Gasteiger partial charge < -0.3 is 5.11 Å². The molecule has 5 rings (SSSR count). The lowest BCUT2D eigenvalue weighted by atomic mass is 9.48. The smallest absolute Gasteiger partial charge is 0.243 e. The molecule has 4 unspecified atom stereocenters. The van der Waals surface area contributed by atoms with Gasteiger partial charge in [-0.1, -0.05) is 25.7 Å². The maximum Gasteiger partial charge on any atom is 0.243 e. The van der Waals surface area contributed by atoms with Crippen molar-refractivity contribution in [3.8, 4) is 11.8 Å². The molecule has 4 fully saturated rings. The van der Waals surface area contributed by atoms with Gasteiger partial charge in [0, 0.05) is 18.0 Å². The van der Waals surface area contributed by atoms with Crippen LogP contribution in [0.3, 0.4) is 0 Å². The largest absolute Gasteiger partial charge is 0.395 e. The van der Waals surface area contributed by atoms with E-state index in [0.717, 1.165) is 24.8 Å². The molecule has 4 nitrogen and oxygen atoms in total. The number of fused-ring (bicyclic) bond motifs is 1. The lowest BCUT2D eigenvalue weighted by molar-refractivity contribution is -0.0310. The van der Waals surface area contributed by atoms with Gasteiger partial charge in [0.25, 0.3) is 0 Å². The van der Waals surface area contributed by atoms with Crippen molar-refractivity contribution in [2.75, 3.05) is 6.61 Å². The Bertz CT molecular complexity index is 832. The second kappa shape index (κ2) is 5.08. The molecule has 2 bridgehead atoms. The third-order valence-corrected chi connectivity index (χ3v) is 8.49. The van der Waals surface area contributed by atoms with Gasteiger partial charge in [-0.3, -0.25) is 0 Å². The first-order valence-corrected chi connectivity index (χ1v) is 10.0. The predicted octanol–water partition coefficient (Wildman–Crippen LogP) is 2.37. The van der Waals surface area contributed by atoms with Gasteiger partial charge in [-0.15, -0.1) is 0 Å². The standard InChI is InChI=1S/C19H23NO3S/c1-18(2)15-8-11-17-19(18,13-15)20(17)24(22,23)16-9-6-14(7-10-16)5-3-4-12-21/h6-7,9-10,15,17,21H,4,8,11-13H2,1-2H3. The van der Waals surface area contributed by atoms with E-state index in [1.807, 2.05) is 0 Å². The highest BCUT2D eigenvalue weighted by Gasteiger charge is 2.83. The van der Waals surface area contributed by atoms with Gasteiger partial charge in [-0.25, -0.2) is 8.42 Å². The first-order chi connectivity index (χ1) is 11.4. The normalized spacial score (nSPS) is 35.2. The van der Waals surface area contributed by atoms with Gasteiger partial charge in [-0.2, -0.15) is 4.31 Å². The van der Waals surface area contributed by atoms with Crippen LogP contribution < -0.4 is 0 Å². The van der Waals surface area contributed by atoms with Crippen LogP contribution in [0.2, 0.25) is 0 Å². The van der Waals surface area contributed by atoms with E-state index >= 15 is 0 Å². The summed E-state index contributed by atoms with van der Waals surface area (Å²) >= 11 is 0. The third-order valence-electron chi connectivity index (χ3n) is 6.52. The Morgan fingerprint density at radius 3 is 2.54 bits per heavy atom. The third kappa shape index (κ3) is 1.91. The Hall–Kier alpha value is -1.35. The zero-order chi connectivity index (χ0) is 17.2.